The zero-order valence-electron chi connectivity index (χ0n) is 18.4. The van der Waals surface area contributed by atoms with Crippen LogP contribution in [0.3, 0.4) is 0 Å². The predicted molar refractivity (Wildman–Crippen MR) is 132 cm³/mol. The maximum Gasteiger partial charge on any atom is 0.251 e. The van der Waals surface area contributed by atoms with Gasteiger partial charge in [0.1, 0.15) is 0 Å². The summed E-state index contributed by atoms with van der Waals surface area (Å²) in [4.78, 5) is 12.7. The summed E-state index contributed by atoms with van der Waals surface area (Å²) in [5, 5.41) is 6.72. The zero-order chi connectivity index (χ0) is 21.8. The summed E-state index contributed by atoms with van der Waals surface area (Å²) in [7, 11) is 0. The summed E-state index contributed by atoms with van der Waals surface area (Å²) < 4.78 is 0. The summed E-state index contributed by atoms with van der Waals surface area (Å²) >= 11 is 0. The second-order valence-corrected chi connectivity index (χ2v) is 8.86. The Hall–Kier alpha value is -3.17. The van der Waals surface area contributed by atoms with E-state index in [1.165, 1.54) is 33.4 Å². The number of unbranched alkanes of at least 4 members (excludes halogenated alkanes) is 1. The highest BCUT2D eigenvalue weighted by atomic mass is 16.1. The van der Waals surface area contributed by atoms with Crippen LogP contribution in [-0.2, 0) is 6.42 Å². The average Bonchev–Trinajstić information content (AvgIpc) is 3.22. The van der Waals surface area contributed by atoms with Crippen LogP contribution in [0.2, 0.25) is 0 Å². The van der Waals surface area contributed by atoms with Crippen molar-refractivity contribution in [2.24, 2.45) is 0 Å². The first-order chi connectivity index (χ1) is 15.8. The topological polar surface area (TPSA) is 41.1 Å². The van der Waals surface area contributed by atoms with Gasteiger partial charge in [-0.05, 0) is 71.2 Å². The van der Waals surface area contributed by atoms with E-state index < -0.39 is 0 Å². The maximum absolute atomic E-state index is 12.7. The van der Waals surface area contributed by atoms with Crippen molar-refractivity contribution in [2.75, 3.05) is 13.1 Å². The molecule has 0 bridgehead atoms. The molecule has 1 heterocycles. The number of carbonyl (C=O) groups excluding carboxylic acids is 1. The molecule has 2 aliphatic rings. The molecule has 162 valence electrons. The van der Waals surface area contributed by atoms with Gasteiger partial charge < -0.3 is 10.6 Å². The first-order valence-corrected chi connectivity index (χ1v) is 11.8. The lowest BCUT2D eigenvalue weighted by Gasteiger charge is -2.24. The SMILES string of the molecule is O=C(NCCCCC1CC(c2ccccc2)=CCN1)c1ccc2c(c1)Cc1ccccc1-2. The van der Waals surface area contributed by atoms with Gasteiger partial charge >= 0.3 is 0 Å². The van der Waals surface area contributed by atoms with Crippen LogP contribution in [0.1, 0.15) is 52.7 Å². The molecular weight excluding hydrogens is 392 g/mol. The van der Waals surface area contributed by atoms with Crippen molar-refractivity contribution in [1.82, 2.24) is 10.6 Å². The van der Waals surface area contributed by atoms with E-state index in [0.717, 1.165) is 50.8 Å². The normalized spacial score (nSPS) is 16.8. The Morgan fingerprint density at radius 2 is 1.72 bits per heavy atom. The number of hydrogen-bond acceptors (Lipinski definition) is 2. The van der Waals surface area contributed by atoms with E-state index in [1.807, 2.05) is 6.07 Å². The van der Waals surface area contributed by atoms with Crippen molar-refractivity contribution in [1.29, 1.82) is 0 Å². The lowest BCUT2D eigenvalue weighted by atomic mass is 9.93. The molecule has 0 fully saturated rings. The third-order valence-corrected chi connectivity index (χ3v) is 6.69. The van der Waals surface area contributed by atoms with Crippen molar-refractivity contribution in [2.45, 2.75) is 38.1 Å². The van der Waals surface area contributed by atoms with E-state index in [2.05, 4.69) is 83.4 Å². The van der Waals surface area contributed by atoms with Gasteiger partial charge in [0.25, 0.3) is 5.91 Å². The van der Waals surface area contributed by atoms with Gasteiger partial charge in [0, 0.05) is 24.7 Å². The molecule has 1 atom stereocenters. The summed E-state index contributed by atoms with van der Waals surface area (Å²) in [5.74, 6) is 0.0360. The Bertz CT molecular complexity index is 1130. The summed E-state index contributed by atoms with van der Waals surface area (Å²) in [6, 6.07) is 25.8. The number of carbonyl (C=O) groups is 1. The van der Waals surface area contributed by atoms with Gasteiger partial charge in [-0.2, -0.15) is 0 Å². The fourth-order valence-electron chi connectivity index (χ4n) is 4.97. The summed E-state index contributed by atoms with van der Waals surface area (Å²) in [6.45, 7) is 1.66. The van der Waals surface area contributed by atoms with E-state index >= 15 is 0 Å². The molecule has 3 aromatic rings. The molecular formula is C29H30N2O. The molecule has 0 saturated heterocycles. The van der Waals surface area contributed by atoms with Gasteiger partial charge in [0.15, 0.2) is 0 Å². The third kappa shape index (κ3) is 4.53. The molecule has 0 spiro atoms. The predicted octanol–water partition coefficient (Wildman–Crippen LogP) is 5.60. The zero-order valence-corrected chi connectivity index (χ0v) is 18.4. The minimum atomic E-state index is 0.0360. The Kier molecular flexibility index (Phi) is 6.17. The standard InChI is InChI=1S/C29H30N2O/c32-29(24-13-14-28-25(19-24)18-23-10-4-5-12-27(23)28)31-16-7-6-11-26-20-22(15-17-30-26)21-8-2-1-3-9-21/h1-5,8-10,12-15,19,26,30H,6-7,11,16-18,20H2,(H,31,32). The van der Waals surface area contributed by atoms with Crippen LogP contribution in [-0.4, -0.2) is 25.0 Å². The molecule has 0 radical (unpaired) electrons. The minimum absolute atomic E-state index is 0.0360. The van der Waals surface area contributed by atoms with Gasteiger partial charge in [0.05, 0.1) is 0 Å². The monoisotopic (exact) mass is 422 g/mol. The van der Waals surface area contributed by atoms with Gasteiger partial charge in [0.2, 0.25) is 0 Å². The second kappa shape index (κ2) is 9.54. The van der Waals surface area contributed by atoms with Crippen molar-refractivity contribution in [3.63, 3.8) is 0 Å². The number of nitrogens with one attached hydrogen (secondary N) is 2. The third-order valence-electron chi connectivity index (χ3n) is 6.69. The molecule has 32 heavy (non-hydrogen) atoms. The molecule has 5 rings (SSSR count). The van der Waals surface area contributed by atoms with Crippen LogP contribution >= 0.6 is 0 Å². The molecule has 3 aromatic carbocycles. The Morgan fingerprint density at radius 1 is 0.906 bits per heavy atom. The number of benzene rings is 3. The Labute approximate surface area is 190 Å². The van der Waals surface area contributed by atoms with Gasteiger partial charge in [-0.1, -0.05) is 73.2 Å². The van der Waals surface area contributed by atoms with E-state index in [0.29, 0.717) is 6.04 Å². The average molecular weight is 423 g/mol. The van der Waals surface area contributed by atoms with Crippen LogP contribution < -0.4 is 10.6 Å². The highest BCUT2D eigenvalue weighted by molar-refractivity contribution is 5.95. The van der Waals surface area contributed by atoms with E-state index in [-0.39, 0.29) is 5.91 Å². The highest BCUT2D eigenvalue weighted by Gasteiger charge is 2.19. The highest BCUT2D eigenvalue weighted by Crippen LogP contribution is 2.36. The van der Waals surface area contributed by atoms with Crippen LogP contribution in [0.5, 0.6) is 0 Å². The van der Waals surface area contributed by atoms with Crippen molar-refractivity contribution >= 4 is 11.5 Å². The summed E-state index contributed by atoms with van der Waals surface area (Å²) in [6.07, 6.45) is 7.55. The molecule has 3 nitrogen and oxygen atoms in total. The van der Waals surface area contributed by atoms with E-state index in [4.69, 9.17) is 0 Å². The molecule has 0 aromatic heterocycles. The van der Waals surface area contributed by atoms with Gasteiger partial charge in [-0.3, -0.25) is 4.79 Å². The fourth-order valence-corrected chi connectivity index (χ4v) is 4.97. The molecule has 1 unspecified atom stereocenters. The minimum Gasteiger partial charge on any atom is -0.352 e. The van der Waals surface area contributed by atoms with Gasteiger partial charge in [-0.15, -0.1) is 0 Å². The van der Waals surface area contributed by atoms with Gasteiger partial charge in [-0.25, -0.2) is 0 Å². The fraction of sp³-hybridized carbons (Fsp3) is 0.276. The van der Waals surface area contributed by atoms with E-state index in [9.17, 15) is 4.79 Å². The molecule has 0 saturated carbocycles. The van der Waals surface area contributed by atoms with Crippen molar-refractivity contribution < 1.29 is 4.79 Å². The second-order valence-electron chi connectivity index (χ2n) is 8.86. The lowest BCUT2D eigenvalue weighted by Crippen LogP contribution is -2.33. The quantitative estimate of drug-likeness (QED) is 0.381. The Morgan fingerprint density at radius 3 is 2.62 bits per heavy atom. The summed E-state index contributed by atoms with van der Waals surface area (Å²) in [5.41, 5.74) is 8.72. The molecule has 2 N–H and O–H groups in total. The van der Waals surface area contributed by atoms with Crippen molar-refractivity contribution in [3.05, 3.63) is 101 Å². The maximum atomic E-state index is 12.7. The number of amides is 1. The van der Waals surface area contributed by atoms with E-state index in [1.54, 1.807) is 0 Å². The first-order valence-electron chi connectivity index (χ1n) is 11.8. The largest absolute Gasteiger partial charge is 0.352 e. The smallest absolute Gasteiger partial charge is 0.251 e. The van der Waals surface area contributed by atoms with Crippen LogP contribution in [0, 0.1) is 0 Å². The Balaban J connectivity index is 1.07. The molecule has 3 heteroatoms. The molecule has 1 aliphatic carbocycles. The van der Waals surface area contributed by atoms with Crippen LogP contribution in [0.4, 0.5) is 0 Å². The first kappa shape index (κ1) is 20.7. The number of fused-ring (bicyclic) bond motifs is 3. The molecule has 1 aliphatic heterocycles. The number of rotatable bonds is 7. The van der Waals surface area contributed by atoms with Crippen LogP contribution in [0.15, 0.2) is 78.9 Å². The lowest BCUT2D eigenvalue weighted by molar-refractivity contribution is 0.0953. The number of hydrogen-bond donors (Lipinski definition) is 2. The van der Waals surface area contributed by atoms with Crippen molar-refractivity contribution in [3.8, 4) is 11.1 Å². The molecule has 1 amide bonds. The van der Waals surface area contributed by atoms with Crippen LogP contribution in [0.25, 0.3) is 16.7 Å².